The molecule has 3 heteroatoms. The summed E-state index contributed by atoms with van der Waals surface area (Å²) in [5, 5.41) is 0. The van der Waals surface area contributed by atoms with E-state index < -0.39 is 0 Å². The molecular weight excluding hydrogens is 212 g/mol. The van der Waals surface area contributed by atoms with Crippen molar-refractivity contribution in [3.8, 4) is 5.75 Å². The number of hydrogen-bond acceptors (Lipinski definition) is 3. The Morgan fingerprint density at radius 2 is 2.12 bits per heavy atom. The molecule has 3 N–H and O–H groups in total. The zero-order valence-electron chi connectivity index (χ0n) is 10.6. The summed E-state index contributed by atoms with van der Waals surface area (Å²) in [6.07, 6.45) is 3.63. The molecule has 0 aliphatic heterocycles. The Bertz CT molecular complexity index is 363. The van der Waals surface area contributed by atoms with Crippen molar-refractivity contribution < 1.29 is 4.74 Å². The molecule has 1 fully saturated rings. The summed E-state index contributed by atoms with van der Waals surface area (Å²) in [6, 6.07) is 8.50. The summed E-state index contributed by atoms with van der Waals surface area (Å²) in [4.78, 5) is 0. The summed E-state index contributed by atoms with van der Waals surface area (Å²) in [5.41, 5.74) is 4.19. The highest BCUT2D eigenvalue weighted by Gasteiger charge is 2.33. The van der Waals surface area contributed by atoms with Gasteiger partial charge in [-0.25, -0.2) is 0 Å². The molecule has 17 heavy (non-hydrogen) atoms. The average molecular weight is 234 g/mol. The van der Waals surface area contributed by atoms with Gasteiger partial charge in [-0.2, -0.15) is 0 Å². The van der Waals surface area contributed by atoms with Gasteiger partial charge >= 0.3 is 0 Å². The van der Waals surface area contributed by atoms with E-state index in [0.717, 1.165) is 18.1 Å². The molecule has 2 atom stereocenters. The molecule has 1 aliphatic carbocycles. The van der Waals surface area contributed by atoms with Crippen LogP contribution in [0.25, 0.3) is 0 Å². The van der Waals surface area contributed by atoms with Crippen molar-refractivity contribution in [3.05, 3.63) is 29.8 Å². The Morgan fingerprint density at radius 1 is 1.41 bits per heavy atom. The minimum Gasteiger partial charge on any atom is -0.496 e. The van der Waals surface area contributed by atoms with Gasteiger partial charge in [0.2, 0.25) is 0 Å². The number of benzene rings is 1. The van der Waals surface area contributed by atoms with Crippen LogP contribution in [0.2, 0.25) is 0 Å². The van der Waals surface area contributed by atoms with Crippen molar-refractivity contribution in [2.75, 3.05) is 7.11 Å². The molecule has 2 unspecified atom stereocenters. The third-order valence-corrected chi connectivity index (χ3v) is 3.85. The largest absolute Gasteiger partial charge is 0.496 e. The summed E-state index contributed by atoms with van der Waals surface area (Å²) >= 11 is 0. The van der Waals surface area contributed by atoms with Gasteiger partial charge in [0.25, 0.3) is 0 Å². The van der Waals surface area contributed by atoms with Gasteiger partial charge in [-0.15, -0.1) is 0 Å². The zero-order valence-corrected chi connectivity index (χ0v) is 10.6. The maximum Gasteiger partial charge on any atom is 0.122 e. The van der Waals surface area contributed by atoms with Crippen LogP contribution < -0.4 is 16.0 Å². The van der Waals surface area contributed by atoms with Crippen molar-refractivity contribution in [2.24, 2.45) is 17.7 Å². The second-order valence-electron chi connectivity index (χ2n) is 4.99. The number of rotatable bonds is 6. The molecule has 0 heterocycles. The first-order valence-corrected chi connectivity index (χ1v) is 6.34. The third-order valence-electron chi connectivity index (χ3n) is 3.85. The van der Waals surface area contributed by atoms with E-state index in [0.29, 0.717) is 12.0 Å². The Labute approximate surface area is 103 Å². The molecule has 0 spiro atoms. The SMILES string of the molecule is COc1ccccc1CC(NN)C(C)C1CC1. The Hall–Kier alpha value is -1.06. The van der Waals surface area contributed by atoms with Crippen LogP contribution in [0.1, 0.15) is 25.3 Å². The first-order chi connectivity index (χ1) is 8.26. The highest BCUT2D eigenvalue weighted by Crippen LogP contribution is 2.39. The summed E-state index contributed by atoms with van der Waals surface area (Å²) in [6.45, 7) is 2.29. The smallest absolute Gasteiger partial charge is 0.122 e. The quantitative estimate of drug-likeness (QED) is 0.585. The van der Waals surface area contributed by atoms with E-state index in [1.54, 1.807) is 7.11 Å². The van der Waals surface area contributed by atoms with Gasteiger partial charge in [-0.3, -0.25) is 11.3 Å². The number of hydrogen-bond donors (Lipinski definition) is 2. The average Bonchev–Trinajstić information content (AvgIpc) is 3.19. The van der Waals surface area contributed by atoms with Gasteiger partial charge in [0.15, 0.2) is 0 Å². The second-order valence-corrected chi connectivity index (χ2v) is 4.99. The number of hydrazine groups is 1. The molecule has 1 aromatic rings. The Morgan fingerprint density at radius 3 is 2.71 bits per heavy atom. The van der Waals surface area contributed by atoms with Gasteiger partial charge in [0, 0.05) is 6.04 Å². The molecule has 1 saturated carbocycles. The lowest BCUT2D eigenvalue weighted by Crippen LogP contribution is -2.42. The number of para-hydroxylation sites is 1. The van der Waals surface area contributed by atoms with Crippen LogP contribution in [0.4, 0.5) is 0 Å². The van der Waals surface area contributed by atoms with E-state index in [2.05, 4.69) is 18.4 Å². The summed E-state index contributed by atoms with van der Waals surface area (Å²) < 4.78 is 5.38. The van der Waals surface area contributed by atoms with Crippen LogP contribution in [-0.2, 0) is 6.42 Å². The van der Waals surface area contributed by atoms with Crippen LogP contribution in [0.3, 0.4) is 0 Å². The van der Waals surface area contributed by atoms with E-state index >= 15 is 0 Å². The standard InChI is InChI=1S/C14H22N2O/c1-10(11-7-8-11)13(16-15)9-12-5-3-4-6-14(12)17-2/h3-6,10-11,13,16H,7-9,15H2,1-2H3. The van der Waals surface area contributed by atoms with Crippen molar-refractivity contribution in [1.29, 1.82) is 0 Å². The van der Waals surface area contributed by atoms with Gasteiger partial charge in [-0.1, -0.05) is 25.1 Å². The highest BCUT2D eigenvalue weighted by atomic mass is 16.5. The van der Waals surface area contributed by atoms with Crippen LogP contribution in [-0.4, -0.2) is 13.2 Å². The molecule has 1 aromatic carbocycles. The maximum absolute atomic E-state index is 5.69. The van der Waals surface area contributed by atoms with E-state index in [1.165, 1.54) is 18.4 Å². The number of ether oxygens (including phenoxy) is 1. The summed E-state index contributed by atoms with van der Waals surface area (Å²) in [5.74, 6) is 8.12. The molecule has 94 valence electrons. The first-order valence-electron chi connectivity index (χ1n) is 6.34. The molecule has 0 bridgehead atoms. The number of nitrogens with two attached hydrogens (primary N) is 1. The fourth-order valence-electron chi connectivity index (χ4n) is 2.46. The van der Waals surface area contributed by atoms with Crippen molar-refractivity contribution in [1.82, 2.24) is 5.43 Å². The molecule has 0 saturated heterocycles. The summed E-state index contributed by atoms with van der Waals surface area (Å²) in [7, 11) is 1.72. The molecule has 0 amide bonds. The Balaban J connectivity index is 2.06. The van der Waals surface area contributed by atoms with E-state index in [9.17, 15) is 0 Å². The molecule has 3 nitrogen and oxygen atoms in total. The normalized spacial score (nSPS) is 18.8. The lowest BCUT2D eigenvalue weighted by atomic mass is 9.91. The molecule has 1 aliphatic rings. The highest BCUT2D eigenvalue weighted by molar-refractivity contribution is 5.34. The van der Waals surface area contributed by atoms with Crippen molar-refractivity contribution in [3.63, 3.8) is 0 Å². The number of nitrogens with one attached hydrogen (secondary N) is 1. The van der Waals surface area contributed by atoms with Gasteiger partial charge in [-0.05, 0) is 42.7 Å². The molecular formula is C14H22N2O. The maximum atomic E-state index is 5.69. The van der Waals surface area contributed by atoms with E-state index in [-0.39, 0.29) is 0 Å². The first kappa shape index (κ1) is 12.4. The predicted molar refractivity (Wildman–Crippen MR) is 69.7 cm³/mol. The minimum atomic E-state index is 0.332. The van der Waals surface area contributed by atoms with Crippen LogP contribution >= 0.6 is 0 Å². The Kier molecular flexibility index (Phi) is 4.02. The number of methoxy groups -OCH3 is 1. The van der Waals surface area contributed by atoms with Crippen molar-refractivity contribution >= 4 is 0 Å². The third kappa shape index (κ3) is 2.99. The van der Waals surface area contributed by atoms with Crippen LogP contribution in [0.5, 0.6) is 5.75 Å². The predicted octanol–water partition coefficient (Wildman–Crippen LogP) is 2.12. The lowest BCUT2D eigenvalue weighted by Gasteiger charge is -2.24. The molecule has 0 radical (unpaired) electrons. The second kappa shape index (κ2) is 5.52. The lowest BCUT2D eigenvalue weighted by molar-refractivity contribution is 0.337. The van der Waals surface area contributed by atoms with Gasteiger partial charge in [0.05, 0.1) is 7.11 Å². The fourth-order valence-corrected chi connectivity index (χ4v) is 2.46. The van der Waals surface area contributed by atoms with Crippen LogP contribution in [0, 0.1) is 11.8 Å². The van der Waals surface area contributed by atoms with Crippen molar-refractivity contribution in [2.45, 2.75) is 32.2 Å². The topological polar surface area (TPSA) is 47.3 Å². The molecule has 0 aromatic heterocycles. The fraction of sp³-hybridized carbons (Fsp3) is 0.571. The molecule has 2 rings (SSSR count). The van der Waals surface area contributed by atoms with Gasteiger partial charge < -0.3 is 4.74 Å². The zero-order chi connectivity index (χ0) is 12.3. The van der Waals surface area contributed by atoms with Crippen LogP contribution in [0.15, 0.2) is 24.3 Å². The van der Waals surface area contributed by atoms with Gasteiger partial charge in [0.1, 0.15) is 5.75 Å². The monoisotopic (exact) mass is 234 g/mol. The minimum absolute atomic E-state index is 0.332. The van der Waals surface area contributed by atoms with E-state index in [1.807, 2.05) is 18.2 Å². The van der Waals surface area contributed by atoms with E-state index in [4.69, 9.17) is 10.6 Å².